The van der Waals surface area contributed by atoms with Gasteiger partial charge in [0.05, 0.1) is 11.8 Å². The Morgan fingerprint density at radius 3 is 2.75 bits per heavy atom. The van der Waals surface area contributed by atoms with Gasteiger partial charge < -0.3 is 9.73 Å². The fraction of sp³-hybridized carbons (Fsp3) is 0.167. The molecule has 0 bridgehead atoms. The summed E-state index contributed by atoms with van der Waals surface area (Å²) in [5, 5.41) is 2.82. The number of aryl methyl sites for hydroxylation is 1. The lowest BCUT2D eigenvalue weighted by Gasteiger charge is -2.04. The number of aromatic nitrogens is 2. The van der Waals surface area contributed by atoms with E-state index in [0.717, 1.165) is 5.56 Å². The Bertz CT molecular complexity index is 818. The van der Waals surface area contributed by atoms with E-state index in [1.54, 1.807) is 30.6 Å². The molecule has 1 amide bonds. The first kappa shape index (κ1) is 15.9. The summed E-state index contributed by atoms with van der Waals surface area (Å²) in [4.78, 5) is 19.9. The van der Waals surface area contributed by atoms with Crippen LogP contribution in [-0.2, 0) is 17.8 Å². The highest BCUT2D eigenvalue weighted by Crippen LogP contribution is 2.23. The van der Waals surface area contributed by atoms with Crippen LogP contribution >= 0.6 is 0 Å². The lowest BCUT2D eigenvalue weighted by molar-refractivity contribution is -0.121. The predicted octanol–water partition coefficient (Wildman–Crippen LogP) is 3.12. The number of nitrogens with one attached hydrogen (secondary N) is 1. The van der Waals surface area contributed by atoms with Crippen molar-refractivity contribution in [2.45, 2.75) is 19.4 Å². The Kier molecular flexibility index (Phi) is 4.96. The van der Waals surface area contributed by atoms with Gasteiger partial charge in [0, 0.05) is 31.8 Å². The number of carbonyl (C=O) groups excluding carboxylic acids is 1. The number of hydrogen-bond acceptors (Lipinski definition) is 4. The van der Waals surface area contributed by atoms with Crippen molar-refractivity contribution in [3.05, 3.63) is 72.3 Å². The molecule has 0 aliphatic rings. The van der Waals surface area contributed by atoms with Crippen molar-refractivity contribution >= 4 is 5.91 Å². The zero-order valence-corrected chi connectivity index (χ0v) is 12.9. The molecule has 2 heterocycles. The number of oxazole rings is 1. The van der Waals surface area contributed by atoms with E-state index in [2.05, 4.69) is 15.3 Å². The minimum Gasteiger partial charge on any atom is -0.441 e. The highest BCUT2D eigenvalue weighted by Gasteiger charge is 2.11. The summed E-state index contributed by atoms with van der Waals surface area (Å²) in [6, 6.07) is 10.0. The summed E-state index contributed by atoms with van der Waals surface area (Å²) in [5.74, 6) is 0.306. The van der Waals surface area contributed by atoms with Crippen molar-refractivity contribution in [2.75, 3.05) is 0 Å². The topological polar surface area (TPSA) is 68.0 Å². The molecule has 1 N–H and O–H groups in total. The number of amides is 1. The van der Waals surface area contributed by atoms with Crippen LogP contribution in [0.4, 0.5) is 4.39 Å². The third-order valence-electron chi connectivity index (χ3n) is 3.50. The van der Waals surface area contributed by atoms with Gasteiger partial charge in [-0.1, -0.05) is 12.1 Å². The summed E-state index contributed by atoms with van der Waals surface area (Å²) in [6.07, 6.45) is 5.44. The lowest BCUT2D eigenvalue weighted by atomic mass is 10.2. The van der Waals surface area contributed by atoms with E-state index in [1.165, 1.54) is 12.3 Å². The van der Waals surface area contributed by atoms with Gasteiger partial charge in [-0.3, -0.25) is 9.78 Å². The van der Waals surface area contributed by atoms with Crippen LogP contribution in [0, 0.1) is 5.82 Å². The van der Waals surface area contributed by atoms with Crippen molar-refractivity contribution in [3.63, 3.8) is 0 Å². The summed E-state index contributed by atoms with van der Waals surface area (Å²) >= 11 is 0. The Labute approximate surface area is 138 Å². The van der Waals surface area contributed by atoms with Gasteiger partial charge in [-0.05, 0) is 29.8 Å². The van der Waals surface area contributed by atoms with E-state index in [0.29, 0.717) is 30.2 Å². The molecule has 0 saturated heterocycles. The normalized spacial score (nSPS) is 10.5. The van der Waals surface area contributed by atoms with Crippen molar-refractivity contribution in [1.82, 2.24) is 15.3 Å². The summed E-state index contributed by atoms with van der Waals surface area (Å²) in [6.45, 7) is 0.452. The molecule has 1 aromatic carbocycles. The largest absolute Gasteiger partial charge is 0.441 e. The molecule has 0 saturated carbocycles. The highest BCUT2D eigenvalue weighted by molar-refractivity contribution is 5.76. The van der Waals surface area contributed by atoms with Gasteiger partial charge in [0.1, 0.15) is 5.82 Å². The second-order valence-corrected chi connectivity index (χ2v) is 5.23. The van der Waals surface area contributed by atoms with E-state index in [4.69, 9.17) is 4.42 Å². The molecule has 24 heavy (non-hydrogen) atoms. The van der Waals surface area contributed by atoms with E-state index in [1.807, 2.05) is 12.1 Å². The molecule has 0 fully saturated rings. The van der Waals surface area contributed by atoms with Crippen LogP contribution in [0.15, 0.2) is 59.4 Å². The average molecular weight is 325 g/mol. The minimum atomic E-state index is -0.365. The van der Waals surface area contributed by atoms with Crippen LogP contribution in [-0.4, -0.2) is 15.9 Å². The van der Waals surface area contributed by atoms with Crippen LogP contribution in [0.25, 0.3) is 11.3 Å². The molecule has 6 heteroatoms. The van der Waals surface area contributed by atoms with Crippen LogP contribution in [0.2, 0.25) is 0 Å². The summed E-state index contributed by atoms with van der Waals surface area (Å²) in [5.41, 5.74) is 1.34. The molecule has 122 valence electrons. The molecule has 3 rings (SSSR count). The number of carbonyl (C=O) groups is 1. The molecule has 2 aromatic heterocycles. The zero-order chi connectivity index (χ0) is 16.8. The van der Waals surface area contributed by atoms with Crippen molar-refractivity contribution in [1.29, 1.82) is 0 Å². The number of hydrogen-bond donors (Lipinski definition) is 1. The number of benzene rings is 1. The van der Waals surface area contributed by atoms with E-state index in [-0.39, 0.29) is 18.1 Å². The molecule has 0 aliphatic carbocycles. The Morgan fingerprint density at radius 2 is 1.96 bits per heavy atom. The maximum atomic E-state index is 13.7. The third-order valence-corrected chi connectivity index (χ3v) is 3.50. The summed E-state index contributed by atoms with van der Waals surface area (Å²) in [7, 11) is 0. The van der Waals surface area contributed by atoms with Gasteiger partial charge in [0.25, 0.3) is 0 Å². The van der Waals surface area contributed by atoms with Crippen molar-refractivity contribution in [3.8, 4) is 11.3 Å². The molecule has 0 atom stereocenters. The average Bonchev–Trinajstić information content (AvgIpc) is 3.08. The SMILES string of the molecule is O=C(CCc1ncc(-c2ccccc2F)o1)NCc1ccncc1. The Hall–Kier alpha value is -3.02. The minimum absolute atomic E-state index is 0.0996. The third kappa shape index (κ3) is 4.04. The van der Waals surface area contributed by atoms with Crippen LogP contribution in [0.3, 0.4) is 0 Å². The fourth-order valence-electron chi connectivity index (χ4n) is 2.22. The van der Waals surface area contributed by atoms with Gasteiger partial charge in [0.15, 0.2) is 11.7 Å². The molecule has 3 aromatic rings. The number of pyridine rings is 1. The standard InChI is InChI=1S/C18H16FN3O2/c19-15-4-2-1-3-14(15)16-12-22-18(24-16)6-5-17(23)21-11-13-7-9-20-10-8-13/h1-4,7-10,12H,5-6,11H2,(H,21,23). The van der Waals surface area contributed by atoms with Gasteiger partial charge in [-0.15, -0.1) is 0 Å². The monoisotopic (exact) mass is 325 g/mol. The molecule has 0 unspecified atom stereocenters. The first-order valence-corrected chi connectivity index (χ1v) is 7.57. The van der Waals surface area contributed by atoms with Gasteiger partial charge in [0.2, 0.25) is 5.91 Å². The highest BCUT2D eigenvalue weighted by atomic mass is 19.1. The molecule has 0 aliphatic heterocycles. The van der Waals surface area contributed by atoms with Crippen molar-refractivity contribution < 1.29 is 13.6 Å². The molecule has 0 radical (unpaired) electrons. The van der Waals surface area contributed by atoms with Crippen LogP contribution in [0.5, 0.6) is 0 Å². The second kappa shape index (κ2) is 7.50. The van der Waals surface area contributed by atoms with Gasteiger partial charge in [-0.25, -0.2) is 9.37 Å². The number of rotatable bonds is 6. The first-order valence-electron chi connectivity index (χ1n) is 7.57. The molecule has 0 spiro atoms. The lowest BCUT2D eigenvalue weighted by Crippen LogP contribution is -2.23. The molecular formula is C18H16FN3O2. The van der Waals surface area contributed by atoms with Crippen molar-refractivity contribution in [2.24, 2.45) is 0 Å². The molecule has 5 nitrogen and oxygen atoms in total. The number of halogens is 1. The Balaban J connectivity index is 1.52. The second-order valence-electron chi connectivity index (χ2n) is 5.23. The van der Waals surface area contributed by atoms with E-state index < -0.39 is 0 Å². The zero-order valence-electron chi connectivity index (χ0n) is 12.9. The smallest absolute Gasteiger partial charge is 0.220 e. The van der Waals surface area contributed by atoms with Crippen LogP contribution < -0.4 is 5.32 Å². The molecular weight excluding hydrogens is 309 g/mol. The predicted molar refractivity (Wildman–Crippen MR) is 86.3 cm³/mol. The van der Waals surface area contributed by atoms with E-state index in [9.17, 15) is 9.18 Å². The van der Waals surface area contributed by atoms with Gasteiger partial charge >= 0.3 is 0 Å². The first-order chi connectivity index (χ1) is 11.7. The summed E-state index contributed by atoms with van der Waals surface area (Å²) < 4.78 is 19.2. The van der Waals surface area contributed by atoms with E-state index >= 15 is 0 Å². The van der Waals surface area contributed by atoms with Gasteiger partial charge in [-0.2, -0.15) is 0 Å². The Morgan fingerprint density at radius 1 is 1.17 bits per heavy atom. The maximum absolute atomic E-state index is 13.7. The quantitative estimate of drug-likeness (QED) is 0.756. The fourth-order valence-corrected chi connectivity index (χ4v) is 2.22. The number of nitrogens with zero attached hydrogens (tertiary/aromatic N) is 2. The van der Waals surface area contributed by atoms with Crippen LogP contribution in [0.1, 0.15) is 17.9 Å². The maximum Gasteiger partial charge on any atom is 0.220 e.